The molecule has 2 N–H and O–H groups in total. The number of hydrogen-bond donors (Lipinski definition) is 2. The van der Waals surface area contributed by atoms with E-state index in [0.29, 0.717) is 12.0 Å². The minimum atomic E-state index is -2.86. The van der Waals surface area contributed by atoms with Crippen molar-refractivity contribution in [3.05, 3.63) is 29.8 Å². The molecule has 0 spiro atoms. The maximum atomic E-state index is 12.1. The van der Waals surface area contributed by atoms with Crippen LogP contribution in [0.15, 0.2) is 24.3 Å². The molecule has 0 aromatic heterocycles. The van der Waals surface area contributed by atoms with Crippen molar-refractivity contribution in [3.63, 3.8) is 0 Å². The van der Waals surface area contributed by atoms with Crippen LogP contribution in [0.4, 0.5) is 13.6 Å². The van der Waals surface area contributed by atoms with Gasteiger partial charge in [0.05, 0.1) is 7.11 Å². The Balaban J connectivity index is 2.48. The highest BCUT2D eigenvalue weighted by atomic mass is 19.3. The zero-order valence-electron chi connectivity index (χ0n) is 9.78. The summed E-state index contributed by atoms with van der Waals surface area (Å²) in [6, 6.07) is 5.93. The molecule has 0 heterocycles. The molecule has 0 saturated carbocycles. The summed E-state index contributed by atoms with van der Waals surface area (Å²) in [5.74, 6) is 0.112. The fourth-order valence-electron chi connectivity index (χ4n) is 1.36. The van der Waals surface area contributed by atoms with E-state index >= 15 is 0 Å². The van der Waals surface area contributed by atoms with Crippen molar-refractivity contribution in [3.8, 4) is 5.75 Å². The standard InChI is InChI=1S/C11H14F2N2O3/c1-17-15-11(16)14-7-6-8-4-2-3-5-9(8)18-10(12)13/h2-5,10H,6-7H2,1H3,(H2,14,15,16). The van der Waals surface area contributed by atoms with Crippen molar-refractivity contribution in [1.82, 2.24) is 10.8 Å². The van der Waals surface area contributed by atoms with Gasteiger partial charge in [-0.1, -0.05) is 18.2 Å². The van der Waals surface area contributed by atoms with Crippen LogP contribution in [0.3, 0.4) is 0 Å². The Kier molecular flexibility index (Phi) is 5.86. The predicted molar refractivity (Wildman–Crippen MR) is 60.3 cm³/mol. The van der Waals surface area contributed by atoms with Crippen molar-refractivity contribution in [2.75, 3.05) is 13.7 Å². The first-order chi connectivity index (χ1) is 8.63. The third-order valence-electron chi connectivity index (χ3n) is 2.06. The summed E-state index contributed by atoms with van der Waals surface area (Å²) >= 11 is 0. The fraction of sp³-hybridized carbons (Fsp3) is 0.364. The molecular weight excluding hydrogens is 246 g/mol. The highest BCUT2D eigenvalue weighted by Crippen LogP contribution is 2.20. The number of carbonyl (C=O) groups is 1. The number of amides is 2. The van der Waals surface area contributed by atoms with Gasteiger partial charge in [-0.15, -0.1) is 0 Å². The zero-order chi connectivity index (χ0) is 13.4. The maximum Gasteiger partial charge on any atom is 0.387 e. The Morgan fingerprint density at radius 2 is 2.11 bits per heavy atom. The SMILES string of the molecule is CONC(=O)NCCc1ccccc1OC(F)F. The van der Waals surface area contributed by atoms with Crippen LogP contribution in [0.5, 0.6) is 5.75 Å². The van der Waals surface area contributed by atoms with Gasteiger partial charge in [-0.3, -0.25) is 4.84 Å². The summed E-state index contributed by atoms with van der Waals surface area (Å²) in [4.78, 5) is 15.4. The zero-order valence-corrected chi connectivity index (χ0v) is 9.78. The van der Waals surface area contributed by atoms with Gasteiger partial charge >= 0.3 is 12.6 Å². The van der Waals surface area contributed by atoms with E-state index in [1.807, 2.05) is 0 Å². The van der Waals surface area contributed by atoms with E-state index in [1.165, 1.54) is 13.2 Å². The molecule has 18 heavy (non-hydrogen) atoms. The number of ether oxygens (including phenoxy) is 1. The van der Waals surface area contributed by atoms with Gasteiger partial charge in [-0.2, -0.15) is 8.78 Å². The number of hydrogen-bond acceptors (Lipinski definition) is 3. The summed E-state index contributed by atoms with van der Waals surface area (Å²) in [6.45, 7) is -2.59. The average molecular weight is 260 g/mol. The molecule has 0 aliphatic heterocycles. The first-order valence-corrected chi connectivity index (χ1v) is 5.23. The van der Waals surface area contributed by atoms with Gasteiger partial charge in [0.2, 0.25) is 0 Å². The van der Waals surface area contributed by atoms with E-state index in [9.17, 15) is 13.6 Å². The molecule has 0 aliphatic carbocycles. The first kappa shape index (κ1) is 14.2. The molecule has 1 aromatic carbocycles. The molecule has 0 fully saturated rings. The average Bonchev–Trinajstić information content (AvgIpc) is 2.31. The number of halogens is 2. The van der Waals surface area contributed by atoms with Gasteiger partial charge in [0, 0.05) is 6.54 Å². The van der Waals surface area contributed by atoms with E-state index in [4.69, 9.17) is 0 Å². The van der Waals surface area contributed by atoms with Crippen molar-refractivity contribution < 1.29 is 23.1 Å². The lowest BCUT2D eigenvalue weighted by Gasteiger charge is -2.11. The van der Waals surface area contributed by atoms with E-state index in [2.05, 4.69) is 20.4 Å². The maximum absolute atomic E-state index is 12.1. The molecule has 5 nitrogen and oxygen atoms in total. The monoisotopic (exact) mass is 260 g/mol. The van der Waals surface area contributed by atoms with Crippen LogP contribution in [0.25, 0.3) is 0 Å². The van der Waals surface area contributed by atoms with E-state index in [1.54, 1.807) is 18.2 Å². The lowest BCUT2D eigenvalue weighted by atomic mass is 10.1. The summed E-state index contributed by atoms with van der Waals surface area (Å²) in [5, 5.41) is 2.49. The number of benzene rings is 1. The Morgan fingerprint density at radius 3 is 2.78 bits per heavy atom. The Bertz CT molecular complexity index is 388. The summed E-state index contributed by atoms with van der Waals surface area (Å²) in [5.41, 5.74) is 2.67. The Morgan fingerprint density at radius 1 is 1.39 bits per heavy atom. The molecule has 7 heteroatoms. The molecule has 0 aliphatic rings. The van der Waals surface area contributed by atoms with Gasteiger partial charge in [-0.05, 0) is 18.1 Å². The molecule has 0 unspecified atom stereocenters. The highest BCUT2D eigenvalue weighted by Gasteiger charge is 2.09. The summed E-state index contributed by atoms with van der Waals surface area (Å²) in [7, 11) is 1.31. The number of nitrogens with one attached hydrogen (secondary N) is 2. The number of urea groups is 1. The lowest BCUT2D eigenvalue weighted by Crippen LogP contribution is -2.35. The molecule has 0 bridgehead atoms. The van der Waals surface area contributed by atoms with E-state index in [0.717, 1.165) is 0 Å². The van der Waals surface area contributed by atoms with Crippen LogP contribution in [-0.2, 0) is 11.3 Å². The van der Waals surface area contributed by atoms with E-state index < -0.39 is 12.6 Å². The quantitative estimate of drug-likeness (QED) is 0.765. The molecule has 0 atom stereocenters. The summed E-state index contributed by atoms with van der Waals surface area (Å²) < 4.78 is 28.6. The van der Waals surface area contributed by atoms with Crippen molar-refractivity contribution in [2.24, 2.45) is 0 Å². The number of alkyl halides is 2. The van der Waals surface area contributed by atoms with Crippen LogP contribution in [0, 0.1) is 0 Å². The minimum absolute atomic E-state index is 0.112. The van der Waals surface area contributed by atoms with Gasteiger partial charge < -0.3 is 10.1 Å². The predicted octanol–water partition coefficient (Wildman–Crippen LogP) is 1.69. The van der Waals surface area contributed by atoms with Crippen LogP contribution in [-0.4, -0.2) is 26.3 Å². The van der Waals surface area contributed by atoms with Gasteiger partial charge in [-0.25, -0.2) is 10.3 Å². The van der Waals surface area contributed by atoms with Crippen LogP contribution in [0.2, 0.25) is 0 Å². The number of para-hydroxylation sites is 1. The minimum Gasteiger partial charge on any atom is -0.435 e. The Labute approximate surface area is 103 Å². The fourth-order valence-corrected chi connectivity index (χ4v) is 1.36. The second-order valence-corrected chi connectivity index (χ2v) is 3.30. The van der Waals surface area contributed by atoms with Crippen LogP contribution < -0.4 is 15.5 Å². The number of hydroxylamine groups is 1. The topological polar surface area (TPSA) is 59.6 Å². The second kappa shape index (κ2) is 7.44. The first-order valence-electron chi connectivity index (χ1n) is 5.23. The molecule has 100 valence electrons. The third kappa shape index (κ3) is 4.96. The normalized spacial score (nSPS) is 10.2. The second-order valence-electron chi connectivity index (χ2n) is 3.30. The number of rotatable bonds is 6. The van der Waals surface area contributed by atoms with Crippen molar-refractivity contribution in [2.45, 2.75) is 13.0 Å². The molecule has 0 radical (unpaired) electrons. The van der Waals surface area contributed by atoms with Gasteiger partial charge in [0.15, 0.2) is 0 Å². The molecule has 2 amide bonds. The number of carbonyl (C=O) groups excluding carboxylic acids is 1. The van der Waals surface area contributed by atoms with Gasteiger partial charge in [0.25, 0.3) is 0 Å². The van der Waals surface area contributed by atoms with Crippen LogP contribution in [0.1, 0.15) is 5.56 Å². The molecular formula is C11H14F2N2O3. The van der Waals surface area contributed by atoms with E-state index in [-0.39, 0.29) is 12.3 Å². The smallest absolute Gasteiger partial charge is 0.387 e. The molecule has 0 saturated heterocycles. The van der Waals surface area contributed by atoms with Crippen LogP contribution >= 0.6 is 0 Å². The van der Waals surface area contributed by atoms with Gasteiger partial charge in [0.1, 0.15) is 5.75 Å². The highest BCUT2D eigenvalue weighted by molar-refractivity contribution is 5.72. The Hall–Kier alpha value is -1.89. The summed E-state index contributed by atoms with van der Waals surface area (Å²) in [6.07, 6.45) is 0.375. The van der Waals surface area contributed by atoms with Crippen molar-refractivity contribution >= 4 is 6.03 Å². The molecule has 1 aromatic rings. The van der Waals surface area contributed by atoms with Crippen molar-refractivity contribution in [1.29, 1.82) is 0 Å². The molecule has 1 rings (SSSR count). The third-order valence-corrected chi connectivity index (χ3v) is 2.06. The largest absolute Gasteiger partial charge is 0.435 e. The lowest BCUT2D eigenvalue weighted by molar-refractivity contribution is -0.0504.